The minimum Gasteiger partial charge on any atom is -0.475 e. The van der Waals surface area contributed by atoms with Crippen LogP contribution < -0.4 is 10.6 Å². The molecular formula is C27H27Cl2F6N3O4. The van der Waals surface area contributed by atoms with Gasteiger partial charge in [0.05, 0.1) is 5.52 Å². The van der Waals surface area contributed by atoms with Gasteiger partial charge in [-0.3, -0.25) is 0 Å². The lowest BCUT2D eigenvalue weighted by Crippen LogP contribution is -2.36. The number of fused-ring (bicyclic) bond motifs is 1. The summed E-state index contributed by atoms with van der Waals surface area (Å²) >= 11 is 12.2. The van der Waals surface area contributed by atoms with Crippen molar-refractivity contribution in [2.45, 2.75) is 63.6 Å². The molecule has 1 heterocycles. The van der Waals surface area contributed by atoms with Crippen molar-refractivity contribution in [3.8, 4) is 0 Å². The summed E-state index contributed by atoms with van der Waals surface area (Å²) in [6.45, 7) is 2.95. The predicted molar refractivity (Wildman–Crippen MR) is 147 cm³/mol. The Morgan fingerprint density at radius 3 is 1.83 bits per heavy atom. The molecule has 7 nitrogen and oxygen atoms in total. The molecule has 4 N–H and O–H groups in total. The second kappa shape index (κ2) is 15.3. The van der Waals surface area contributed by atoms with Crippen molar-refractivity contribution in [3.05, 3.63) is 69.7 Å². The van der Waals surface area contributed by atoms with Crippen molar-refractivity contribution in [3.63, 3.8) is 0 Å². The molecule has 3 aromatic rings. The number of hydrogen-bond donors (Lipinski definition) is 4. The number of carboxylic acid groups (broad SMARTS) is 2. The van der Waals surface area contributed by atoms with Gasteiger partial charge in [-0.2, -0.15) is 26.3 Å². The fourth-order valence-electron chi connectivity index (χ4n) is 4.05. The van der Waals surface area contributed by atoms with Crippen LogP contribution in [0.2, 0.25) is 10.0 Å². The molecule has 0 atom stereocenters. The van der Waals surface area contributed by atoms with Crippen LogP contribution in [0.25, 0.3) is 10.9 Å². The highest BCUT2D eigenvalue weighted by Gasteiger charge is 2.38. The predicted octanol–water partition coefficient (Wildman–Crippen LogP) is 7.63. The van der Waals surface area contributed by atoms with Gasteiger partial charge in [0.1, 0.15) is 5.82 Å². The topological polar surface area (TPSA) is 112 Å². The van der Waals surface area contributed by atoms with Crippen molar-refractivity contribution in [2.24, 2.45) is 0 Å². The molecule has 0 spiro atoms. The Balaban J connectivity index is 0.000000367. The lowest BCUT2D eigenvalue weighted by Gasteiger charge is -2.30. The number of carboxylic acids is 2. The number of para-hydroxylation sites is 1. The van der Waals surface area contributed by atoms with E-state index in [4.69, 9.17) is 48.0 Å². The smallest absolute Gasteiger partial charge is 0.475 e. The minimum absolute atomic E-state index is 0.478. The monoisotopic (exact) mass is 641 g/mol. The van der Waals surface area contributed by atoms with Gasteiger partial charge in [0.15, 0.2) is 0 Å². The molecule has 0 unspecified atom stereocenters. The summed E-state index contributed by atoms with van der Waals surface area (Å²) < 4.78 is 63.5. The van der Waals surface area contributed by atoms with E-state index in [0.29, 0.717) is 22.1 Å². The number of aryl methyl sites for hydroxylation is 1. The molecule has 1 aliphatic rings. The van der Waals surface area contributed by atoms with Gasteiger partial charge in [-0.15, -0.1) is 0 Å². The zero-order valence-corrected chi connectivity index (χ0v) is 23.5. The molecule has 1 saturated carbocycles. The molecule has 42 heavy (non-hydrogen) atoms. The van der Waals surface area contributed by atoms with Crippen LogP contribution in [0, 0.1) is 6.92 Å². The molecule has 0 saturated heterocycles. The van der Waals surface area contributed by atoms with Gasteiger partial charge in [-0.05, 0) is 74.1 Å². The zero-order chi connectivity index (χ0) is 31.7. The number of hydrogen-bond acceptors (Lipinski definition) is 5. The van der Waals surface area contributed by atoms with Crippen LogP contribution in [0.15, 0.2) is 48.5 Å². The van der Waals surface area contributed by atoms with E-state index < -0.39 is 24.3 Å². The highest BCUT2D eigenvalue weighted by molar-refractivity contribution is 6.34. The highest BCUT2D eigenvalue weighted by Crippen LogP contribution is 2.25. The fourth-order valence-corrected chi connectivity index (χ4v) is 4.62. The average molecular weight is 642 g/mol. The Bertz CT molecular complexity index is 1320. The van der Waals surface area contributed by atoms with Gasteiger partial charge in [0.2, 0.25) is 0 Å². The third-order valence-electron chi connectivity index (χ3n) is 6.00. The van der Waals surface area contributed by atoms with E-state index in [1.807, 2.05) is 18.2 Å². The summed E-state index contributed by atoms with van der Waals surface area (Å²) in [6, 6.07) is 17.2. The summed E-state index contributed by atoms with van der Waals surface area (Å²) in [5.74, 6) is -4.53. The lowest BCUT2D eigenvalue weighted by molar-refractivity contribution is -0.193. The molecule has 1 fully saturated rings. The van der Waals surface area contributed by atoms with Crippen LogP contribution in [-0.4, -0.2) is 51.6 Å². The number of benzene rings is 2. The Hall–Kier alpha value is -3.29. The first-order valence-corrected chi connectivity index (χ1v) is 13.1. The second-order valence-electron chi connectivity index (χ2n) is 9.30. The molecule has 0 amide bonds. The summed E-state index contributed by atoms with van der Waals surface area (Å²) in [4.78, 5) is 22.6. The lowest BCUT2D eigenvalue weighted by atomic mass is 9.91. The molecule has 230 valence electrons. The number of halogens is 8. The fraction of sp³-hybridized carbons (Fsp3) is 0.370. The molecule has 2 aromatic carbocycles. The van der Waals surface area contributed by atoms with Crippen LogP contribution in [-0.2, 0) is 16.1 Å². The summed E-state index contributed by atoms with van der Waals surface area (Å²) in [6.07, 6.45) is -5.58. The standard InChI is InChI=1S/C23H25Cl2N3.2C2HF3O2/c1-15-10-23(28-22-5-3-2-4-21(15)22)27-20-8-6-19(7-9-20)26-14-16-11-17(24)13-18(25)12-16;2*3-2(4,5)1(6)7/h2-5,10-13,19-20,26H,6-9,14H2,1H3,(H,27,28);2*(H,6,7)/t19-,20+;;. The van der Waals surface area contributed by atoms with Crippen molar-refractivity contribution in [2.75, 3.05) is 5.32 Å². The van der Waals surface area contributed by atoms with E-state index in [-0.39, 0.29) is 0 Å². The average Bonchev–Trinajstić information content (AvgIpc) is 2.87. The number of nitrogens with zero attached hydrogens (tertiary/aromatic N) is 1. The normalized spacial score (nSPS) is 16.9. The molecule has 0 radical (unpaired) electrons. The maximum atomic E-state index is 10.6. The van der Waals surface area contributed by atoms with E-state index in [2.05, 4.69) is 41.8 Å². The largest absolute Gasteiger partial charge is 0.490 e. The van der Waals surface area contributed by atoms with Gasteiger partial charge < -0.3 is 20.8 Å². The molecule has 4 rings (SSSR count). The second-order valence-corrected chi connectivity index (χ2v) is 10.2. The van der Waals surface area contributed by atoms with Crippen molar-refractivity contribution in [1.29, 1.82) is 0 Å². The van der Waals surface area contributed by atoms with Crippen LogP contribution in [0.1, 0.15) is 36.8 Å². The van der Waals surface area contributed by atoms with Crippen molar-refractivity contribution < 1.29 is 46.1 Å². The maximum Gasteiger partial charge on any atom is 0.490 e. The molecular weight excluding hydrogens is 615 g/mol. The summed E-state index contributed by atoms with van der Waals surface area (Å²) in [5, 5.41) is 24.2. The van der Waals surface area contributed by atoms with Gasteiger partial charge in [0.25, 0.3) is 0 Å². The van der Waals surface area contributed by atoms with E-state index >= 15 is 0 Å². The molecule has 15 heteroatoms. The van der Waals surface area contributed by atoms with E-state index in [0.717, 1.165) is 49.1 Å². The molecule has 1 aromatic heterocycles. The SMILES string of the molecule is Cc1cc(N[C@H]2CC[C@@H](NCc3cc(Cl)cc(Cl)c3)CC2)nc2ccccc12.O=C(O)C(F)(F)F.O=C(O)C(F)(F)F. The van der Waals surface area contributed by atoms with E-state index in [1.165, 1.54) is 10.9 Å². The van der Waals surface area contributed by atoms with Crippen LogP contribution in [0.3, 0.4) is 0 Å². The molecule has 0 aliphatic heterocycles. The Kier molecular flexibility index (Phi) is 12.7. The van der Waals surface area contributed by atoms with Gasteiger partial charge in [-0.25, -0.2) is 14.6 Å². The summed E-state index contributed by atoms with van der Waals surface area (Å²) in [7, 11) is 0. The first kappa shape index (κ1) is 34.9. The number of carbonyl (C=O) groups is 2. The molecule has 0 bridgehead atoms. The number of pyridine rings is 1. The quantitative estimate of drug-likeness (QED) is 0.212. The minimum atomic E-state index is -5.08. The van der Waals surface area contributed by atoms with Crippen LogP contribution in [0.4, 0.5) is 32.2 Å². The van der Waals surface area contributed by atoms with Gasteiger partial charge in [0, 0.05) is 34.1 Å². The zero-order valence-electron chi connectivity index (χ0n) is 22.0. The first-order valence-electron chi connectivity index (χ1n) is 12.4. The van der Waals surface area contributed by atoms with Gasteiger partial charge >= 0.3 is 24.3 Å². The summed E-state index contributed by atoms with van der Waals surface area (Å²) in [5.41, 5.74) is 3.46. The molecule has 1 aliphatic carbocycles. The Morgan fingerprint density at radius 2 is 1.33 bits per heavy atom. The number of aliphatic carboxylic acids is 2. The van der Waals surface area contributed by atoms with Gasteiger partial charge in [-0.1, -0.05) is 41.4 Å². The van der Waals surface area contributed by atoms with Crippen LogP contribution >= 0.6 is 23.2 Å². The first-order chi connectivity index (χ1) is 19.5. The number of rotatable bonds is 5. The number of nitrogens with one attached hydrogen (secondary N) is 2. The number of alkyl halides is 6. The number of anilines is 1. The third-order valence-corrected chi connectivity index (χ3v) is 6.44. The Morgan fingerprint density at radius 1 is 0.857 bits per heavy atom. The maximum absolute atomic E-state index is 10.6. The van der Waals surface area contributed by atoms with Crippen molar-refractivity contribution in [1.82, 2.24) is 10.3 Å². The Labute approximate surface area is 246 Å². The van der Waals surface area contributed by atoms with Crippen molar-refractivity contribution >= 4 is 51.9 Å². The van der Waals surface area contributed by atoms with E-state index in [1.54, 1.807) is 6.07 Å². The van der Waals surface area contributed by atoms with E-state index in [9.17, 15) is 26.3 Å². The number of aromatic nitrogens is 1. The third kappa shape index (κ3) is 11.9. The highest BCUT2D eigenvalue weighted by atomic mass is 35.5. The van der Waals surface area contributed by atoms with Crippen LogP contribution in [0.5, 0.6) is 0 Å².